The molecule has 0 spiro atoms. The van der Waals surface area contributed by atoms with Crippen molar-refractivity contribution in [1.29, 1.82) is 0 Å². The molecular formula is C22H34O. The Kier molecular flexibility index (Phi) is 3.60. The van der Waals surface area contributed by atoms with Crippen LogP contribution in [0.4, 0.5) is 0 Å². The molecule has 1 nitrogen and oxygen atoms in total. The highest BCUT2D eigenvalue weighted by molar-refractivity contribution is 5.78. The molecule has 23 heavy (non-hydrogen) atoms. The lowest BCUT2D eigenvalue weighted by Crippen LogP contribution is -2.50. The Morgan fingerprint density at radius 1 is 1.09 bits per heavy atom. The molecule has 4 aliphatic carbocycles. The van der Waals surface area contributed by atoms with Gasteiger partial charge in [-0.1, -0.05) is 32.4 Å². The lowest BCUT2D eigenvalue weighted by atomic mass is 9.47. The minimum Gasteiger partial charge on any atom is -0.300 e. The van der Waals surface area contributed by atoms with Crippen molar-refractivity contribution in [2.45, 2.75) is 79.1 Å². The number of allylic oxidation sites excluding steroid dienone is 2. The van der Waals surface area contributed by atoms with Crippen LogP contribution in [-0.4, -0.2) is 5.78 Å². The van der Waals surface area contributed by atoms with Gasteiger partial charge in [-0.3, -0.25) is 4.79 Å². The summed E-state index contributed by atoms with van der Waals surface area (Å²) in [6.45, 7) is 9.45. The van der Waals surface area contributed by atoms with Crippen LogP contribution in [0.1, 0.15) is 79.1 Å². The number of carbonyl (C=O) groups excluding carboxylic acids is 1. The second kappa shape index (κ2) is 5.20. The summed E-state index contributed by atoms with van der Waals surface area (Å²) in [5.74, 6) is 4.40. The highest BCUT2D eigenvalue weighted by Crippen LogP contribution is 2.66. The normalized spacial score (nSPS) is 52.2. The summed E-state index contributed by atoms with van der Waals surface area (Å²) in [6.07, 6.45) is 13.1. The van der Waals surface area contributed by atoms with Crippen molar-refractivity contribution < 1.29 is 4.79 Å². The molecule has 0 bridgehead atoms. The lowest BCUT2D eigenvalue weighted by molar-refractivity contribution is -0.122. The van der Waals surface area contributed by atoms with E-state index in [4.69, 9.17) is 0 Å². The van der Waals surface area contributed by atoms with E-state index >= 15 is 0 Å². The van der Waals surface area contributed by atoms with Crippen LogP contribution in [0, 0.1) is 40.4 Å². The Balaban J connectivity index is 1.64. The Labute approximate surface area is 142 Å². The Morgan fingerprint density at radius 3 is 2.61 bits per heavy atom. The third kappa shape index (κ3) is 2.14. The summed E-state index contributed by atoms with van der Waals surface area (Å²) in [6, 6.07) is 0. The Morgan fingerprint density at radius 2 is 1.87 bits per heavy atom. The van der Waals surface area contributed by atoms with E-state index in [9.17, 15) is 4.79 Å². The second-order valence-corrected chi connectivity index (χ2v) is 9.83. The second-order valence-electron chi connectivity index (χ2n) is 9.83. The Hall–Kier alpha value is -0.590. The zero-order valence-corrected chi connectivity index (χ0v) is 15.5. The third-order valence-electron chi connectivity index (χ3n) is 9.15. The molecule has 3 saturated carbocycles. The predicted molar refractivity (Wildman–Crippen MR) is 95.0 cm³/mol. The van der Waals surface area contributed by atoms with Gasteiger partial charge in [-0.15, -0.1) is 0 Å². The standard InChI is InChI=1S/C22H34O/c1-14-5-8-19-18-7-6-17-13-16(15(2)23)9-11-22(17,4)20(18)10-12-21(14,19)3/h6,14,16,18-20H,5,7-13H2,1-4H3. The lowest BCUT2D eigenvalue weighted by Gasteiger charge is -2.58. The first-order chi connectivity index (χ1) is 10.9. The molecule has 0 N–H and O–H groups in total. The summed E-state index contributed by atoms with van der Waals surface area (Å²) < 4.78 is 0. The van der Waals surface area contributed by atoms with Gasteiger partial charge >= 0.3 is 0 Å². The van der Waals surface area contributed by atoms with Crippen molar-refractivity contribution in [3.63, 3.8) is 0 Å². The van der Waals surface area contributed by atoms with Crippen LogP contribution < -0.4 is 0 Å². The van der Waals surface area contributed by atoms with Crippen LogP contribution in [0.2, 0.25) is 0 Å². The van der Waals surface area contributed by atoms with Gasteiger partial charge in [0.05, 0.1) is 0 Å². The first-order valence-electron chi connectivity index (χ1n) is 10.1. The average molecular weight is 315 g/mol. The fourth-order valence-electron chi connectivity index (χ4n) is 7.27. The van der Waals surface area contributed by atoms with E-state index in [2.05, 4.69) is 26.8 Å². The molecule has 3 fully saturated rings. The molecule has 0 amide bonds. The first kappa shape index (κ1) is 15.9. The summed E-state index contributed by atoms with van der Waals surface area (Å²) in [7, 11) is 0. The molecular weight excluding hydrogens is 280 g/mol. The summed E-state index contributed by atoms with van der Waals surface area (Å²) in [5.41, 5.74) is 2.67. The smallest absolute Gasteiger partial charge is 0.133 e. The van der Waals surface area contributed by atoms with Crippen molar-refractivity contribution in [2.75, 3.05) is 0 Å². The van der Waals surface area contributed by atoms with Crippen LogP contribution >= 0.6 is 0 Å². The van der Waals surface area contributed by atoms with E-state index in [-0.39, 0.29) is 0 Å². The summed E-state index contributed by atoms with van der Waals surface area (Å²) in [4.78, 5) is 11.9. The van der Waals surface area contributed by atoms with E-state index in [1.54, 1.807) is 12.5 Å². The molecule has 128 valence electrons. The highest BCUT2D eigenvalue weighted by atomic mass is 16.1. The van der Waals surface area contributed by atoms with E-state index in [0.717, 1.165) is 36.5 Å². The van der Waals surface area contributed by atoms with E-state index in [0.29, 0.717) is 22.5 Å². The van der Waals surface area contributed by atoms with Crippen molar-refractivity contribution >= 4 is 5.78 Å². The van der Waals surface area contributed by atoms with Crippen LogP contribution in [0.3, 0.4) is 0 Å². The van der Waals surface area contributed by atoms with Gasteiger partial charge in [0.15, 0.2) is 0 Å². The van der Waals surface area contributed by atoms with E-state index in [1.807, 2.05) is 0 Å². The van der Waals surface area contributed by atoms with E-state index < -0.39 is 0 Å². The third-order valence-corrected chi connectivity index (χ3v) is 9.15. The maximum atomic E-state index is 11.9. The molecule has 0 aromatic carbocycles. The topological polar surface area (TPSA) is 17.1 Å². The molecule has 0 aliphatic heterocycles. The minimum atomic E-state index is 0.311. The van der Waals surface area contributed by atoms with Crippen molar-refractivity contribution in [3.8, 4) is 0 Å². The first-order valence-corrected chi connectivity index (χ1v) is 10.1. The summed E-state index contributed by atoms with van der Waals surface area (Å²) in [5, 5.41) is 0. The molecule has 7 atom stereocenters. The maximum absolute atomic E-state index is 11.9. The molecule has 4 aliphatic rings. The highest BCUT2D eigenvalue weighted by Gasteiger charge is 2.57. The zero-order chi connectivity index (χ0) is 16.4. The maximum Gasteiger partial charge on any atom is 0.133 e. The van der Waals surface area contributed by atoms with Gasteiger partial charge in [-0.25, -0.2) is 0 Å². The van der Waals surface area contributed by atoms with Crippen LogP contribution in [-0.2, 0) is 4.79 Å². The SMILES string of the molecule is CC(=O)C1CCC2(C)C(=CCC3C2CCC2(C)C(C)CCC32)C1. The molecule has 4 rings (SSSR count). The summed E-state index contributed by atoms with van der Waals surface area (Å²) >= 11 is 0. The molecule has 0 aromatic heterocycles. The average Bonchev–Trinajstić information content (AvgIpc) is 2.82. The van der Waals surface area contributed by atoms with Crippen molar-refractivity contribution in [3.05, 3.63) is 11.6 Å². The number of rotatable bonds is 1. The van der Waals surface area contributed by atoms with Crippen LogP contribution in [0.5, 0.6) is 0 Å². The quantitative estimate of drug-likeness (QED) is 0.560. The van der Waals surface area contributed by atoms with E-state index in [1.165, 1.54) is 38.5 Å². The number of hydrogen-bond acceptors (Lipinski definition) is 1. The minimum absolute atomic E-state index is 0.311. The van der Waals surface area contributed by atoms with Gasteiger partial charge < -0.3 is 0 Å². The fourth-order valence-corrected chi connectivity index (χ4v) is 7.27. The Bertz CT molecular complexity index is 546. The van der Waals surface area contributed by atoms with Gasteiger partial charge in [-0.2, -0.15) is 0 Å². The van der Waals surface area contributed by atoms with Crippen molar-refractivity contribution in [2.24, 2.45) is 40.4 Å². The monoisotopic (exact) mass is 314 g/mol. The van der Waals surface area contributed by atoms with Gasteiger partial charge in [0, 0.05) is 5.92 Å². The van der Waals surface area contributed by atoms with Gasteiger partial charge in [-0.05, 0) is 92.8 Å². The van der Waals surface area contributed by atoms with Gasteiger partial charge in [0.1, 0.15) is 5.78 Å². The largest absolute Gasteiger partial charge is 0.300 e. The van der Waals surface area contributed by atoms with Gasteiger partial charge in [0.25, 0.3) is 0 Å². The number of carbonyl (C=O) groups is 1. The molecule has 1 heteroatoms. The van der Waals surface area contributed by atoms with Crippen LogP contribution in [0.25, 0.3) is 0 Å². The number of fused-ring (bicyclic) bond motifs is 5. The molecule has 0 radical (unpaired) electrons. The zero-order valence-electron chi connectivity index (χ0n) is 15.5. The molecule has 7 unspecified atom stereocenters. The number of hydrogen-bond donors (Lipinski definition) is 0. The molecule has 0 aromatic rings. The number of Topliss-reactive ketones (excluding diaryl/α,β-unsaturated/α-hetero) is 1. The van der Waals surface area contributed by atoms with Crippen molar-refractivity contribution in [1.82, 2.24) is 0 Å². The number of ketones is 1. The molecule has 0 heterocycles. The van der Waals surface area contributed by atoms with Crippen LogP contribution in [0.15, 0.2) is 11.6 Å². The molecule has 0 saturated heterocycles. The predicted octanol–water partition coefficient (Wildman–Crippen LogP) is 5.79. The fraction of sp³-hybridized carbons (Fsp3) is 0.864. The van der Waals surface area contributed by atoms with Gasteiger partial charge in [0.2, 0.25) is 0 Å².